The predicted molar refractivity (Wildman–Crippen MR) is 62.5 cm³/mol. The molecule has 0 spiro atoms. The molecule has 90 valence electrons. The molecule has 1 heterocycles. The summed E-state index contributed by atoms with van der Waals surface area (Å²) < 4.78 is 1.97. The number of carboxylic acids is 1. The van der Waals surface area contributed by atoms with Gasteiger partial charge in [0.2, 0.25) is 0 Å². The molecule has 0 amide bonds. The fourth-order valence-corrected chi connectivity index (χ4v) is 2.37. The van der Waals surface area contributed by atoms with Crippen molar-refractivity contribution in [3.63, 3.8) is 0 Å². The van der Waals surface area contributed by atoms with Gasteiger partial charge in [0.05, 0.1) is 5.75 Å². The molecule has 0 saturated carbocycles. The van der Waals surface area contributed by atoms with Crippen molar-refractivity contribution in [3.8, 4) is 0 Å². The van der Waals surface area contributed by atoms with Crippen LogP contribution in [0, 0.1) is 5.92 Å². The number of hydrogen-bond donors (Lipinski definition) is 1. The molecule has 1 N–H and O–H groups in total. The van der Waals surface area contributed by atoms with Crippen LogP contribution >= 0.6 is 11.8 Å². The molecular formula is C10H17N3O2S. The van der Waals surface area contributed by atoms with Crippen LogP contribution in [0.5, 0.6) is 0 Å². The highest BCUT2D eigenvalue weighted by atomic mass is 32.2. The summed E-state index contributed by atoms with van der Waals surface area (Å²) in [5.74, 6) is -0.338. The van der Waals surface area contributed by atoms with E-state index in [0.29, 0.717) is 17.1 Å². The molecule has 0 aliphatic carbocycles. The molecule has 0 aliphatic rings. The van der Waals surface area contributed by atoms with Crippen LogP contribution < -0.4 is 0 Å². The molecule has 16 heavy (non-hydrogen) atoms. The van der Waals surface area contributed by atoms with Crippen molar-refractivity contribution in [2.24, 2.45) is 5.92 Å². The lowest BCUT2D eigenvalue weighted by Gasteiger charge is -2.21. The van der Waals surface area contributed by atoms with Gasteiger partial charge in [-0.3, -0.25) is 4.79 Å². The van der Waals surface area contributed by atoms with Gasteiger partial charge in [-0.05, 0) is 12.3 Å². The molecule has 0 bridgehead atoms. The van der Waals surface area contributed by atoms with Crippen molar-refractivity contribution >= 4 is 17.7 Å². The second-order valence-corrected chi connectivity index (χ2v) is 4.87. The summed E-state index contributed by atoms with van der Waals surface area (Å²) in [5.41, 5.74) is 0. The Kier molecular flexibility index (Phi) is 4.79. The number of hydrogen-bond acceptors (Lipinski definition) is 4. The maximum Gasteiger partial charge on any atom is 0.313 e. The minimum absolute atomic E-state index is 0.0211. The third kappa shape index (κ3) is 3.23. The third-order valence-electron chi connectivity index (χ3n) is 2.41. The Hall–Kier alpha value is -1.04. The van der Waals surface area contributed by atoms with E-state index in [4.69, 9.17) is 5.11 Å². The topological polar surface area (TPSA) is 68.0 Å². The van der Waals surface area contributed by atoms with E-state index in [9.17, 15) is 4.79 Å². The van der Waals surface area contributed by atoms with Gasteiger partial charge < -0.3 is 9.67 Å². The van der Waals surface area contributed by atoms with E-state index in [2.05, 4.69) is 31.0 Å². The van der Waals surface area contributed by atoms with E-state index in [1.54, 1.807) is 6.33 Å². The Morgan fingerprint density at radius 3 is 2.81 bits per heavy atom. The predicted octanol–water partition coefficient (Wildman–Crippen LogP) is 2.06. The van der Waals surface area contributed by atoms with Crippen molar-refractivity contribution in [1.82, 2.24) is 14.8 Å². The first-order chi connectivity index (χ1) is 7.56. The maximum absolute atomic E-state index is 10.5. The molecule has 0 aromatic carbocycles. The van der Waals surface area contributed by atoms with Crippen molar-refractivity contribution in [2.75, 3.05) is 5.75 Å². The highest BCUT2D eigenvalue weighted by Crippen LogP contribution is 2.26. The van der Waals surface area contributed by atoms with Crippen LogP contribution in [0.4, 0.5) is 0 Å². The molecule has 0 fully saturated rings. The van der Waals surface area contributed by atoms with Gasteiger partial charge in [0, 0.05) is 6.04 Å². The van der Waals surface area contributed by atoms with Gasteiger partial charge in [0.15, 0.2) is 5.16 Å². The molecule has 0 aliphatic heterocycles. The van der Waals surface area contributed by atoms with Crippen LogP contribution in [-0.2, 0) is 4.79 Å². The number of nitrogens with zero attached hydrogens (tertiary/aromatic N) is 3. The highest BCUT2D eigenvalue weighted by molar-refractivity contribution is 7.99. The average Bonchev–Trinajstić information content (AvgIpc) is 2.63. The van der Waals surface area contributed by atoms with E-state index < -0.39 is 5.97 Å². The SMILES string of the molecule is CCC(C(C)C)n1cnnc1SCC(=O)O. The number of thioether (sulfide) groups is 1. The number of aliphatic carboxylic acids is 1. The Balaban J connectivity index is 2.79. The molecule has 1 atom stereocenters. The zero-order valence-electron chi connectivity index (χ0n) is 9.75. The molecule has 0 radical (unpaired) electrons. The minimum Gasteiger partial charge on any atom is -0.481 e. The van der Waals surface area contributed by atoms with Gasteiger partial charge in [-0.1, -0.05) is 32.5 Å². The summed E-state index contributed by atoms with van der Waals surface area (Å²) in [6.45, 7) is 6.38. The second kappa shape index (κ2) is 5.89. The summed E-state index contributed by atoms with van der Waals surface area (Å²) >= 11 is 1.21. The number of rotatable bonds is 6. The number of aromatic nitrogens is 3. The number of carbonyl (C=O) groups is 1. The first-order valence-electron chi connectivity index (χ1n) is 5.30. The normalized spacial score (nSPS) is 13.0. The second-order valence-electron chi connectivity index (χ2n) is 3.92. The summed E-state index contributed by atoms with van der Waals surface area (Å²) in [7, 11) is 0. The van der Waals surface area contributed by atoms with Crippen LogP contribution in [0.15, 0.2) is 11.5 Å². The molecule has 0 saturated heterocycles. The summed E-state index contributed by atoms with van der Waals surface area (Å²) in [6.07, 6.45) is 2.66. The zero-order valence-corrected chi connectivity index (χ0v) is 10.6. The van der Waals surface area contributed by atoms with Crippen LogP contribution in [0.3, 0.4) is 0 Å². The minimum atomic E-state index is -0.836. The molecule has 5 nitrogen and oxygen atoms in total. The van der Waals surface area contributed by atoms with Crippen LogP contribution in [0.1, 0.15) is 33.2 Å². The van der Waals surface area contributed by atoms with Gasteiger partial charge >= 0.3 is 5.97 Å². The van der Waals surface area contributed by atoms with Gasteiger partial charge in [-0.25, -0.2) is 0 Å². The van der Waals surface area contributed by atoms with E-state index >= 15 is 0 Å². The van der Waals surface area contributed by atoms with Crippen LogP contribution in [-0.4, -0.2) is 31.6 Å². The average molecular weight is 243 g/mol. The molecule has 1 aromatic heterocycles. The van der Waals surface area contributed by atoms with Gasteiger partial charge in [-0.15, -0.1) is 10.2 Å². The fourth-order valence-electron chi connectivity index (χ4n) is 1.68. The standard InChI is InChI=1S/C10H17N3O2S/c1-4-8(7(2)3)13-6-11-12-10(13)16-5-9(14)15/h6-8H,4-5H2,1-3H3,(H,14,15). The Labute approximate surface area is 99.3 Å². The highest BCUT2D eigenvalue weighted by Gasteiger charge is 2.17. The van der Waals surface area contributed by atoms with Gasteiger partial charge in [0.1, 0.15) is 6.33 Å². The molecule has 1 aromatic rings. The maximum atomic E-state index is 10.5. The fraction of sp³-hybridized carbons (Fsp3) is 0.700. The molecular weight excluding hydrogens is 226 g/mol. The summed E-state index contributed by atoms with van der Waals surface area (Å²) in [6, 6.07) is 0.325. The smallest absolute Gasteiger partial charge is 0.313 e. The van der Waals surface area contributed by atoms with Crippen molar-refractivity contribution in [2.45, 2.75) is 38.4 Å². The summed E-state index contributed by atoms with van der Waals surface area (Å²) in [5, 5.41) is 17.1. The van der Waals surface area contributed by atoms with Crippen molar-refractivity contribution in [3.05, 3.63) is 6.33 Å². The van der Waals surface area contributed by atoms with E-state index in [0.717, 1.165) is 6.42 Å². The molecule has 6 heteroatoms. The van der Waals surface area contributed by atoms with Crippen molar-refractivity contribution < 1.29 is 9.90 Å². The lowest BCUT2D eigenvalue weighted by molar-refractivity contribution is -0.133. The Bertz CT molecular complexity index is 352. The lowest BCUT2D eigenvalue weighted by atomic mass is 10.0. The molecule has 1 unspecified atom stereocenters. The third-order valence-corrected chi connectivity index (χ3v) is 3.35. The lowest BCUT2D eigenvalue weighted by Crippen LogP contribution is -2.15. The zero-order chi connectivity index (χ0) is 12.1. The van der Waals surface area contributed by atoms with E-state index in [1.807, 2.05) is 4.57 Å². The number of carboxylic acid groups (broad SMARTS) is 1. The first-order valence-corrected chi connectivity index (χ1v) is 6.28. The summed E-state index contributed by atoms with van der Waals surface area (Å²) in [4.78, 5) is 10.5. The van der Waals surface area contributed by atoms with Gasteiger partial charge in [-0.2, -0.15) is 0 Å². The van der Waals surface area contributed by atoms with Crippen LogP contribution in [0.25, 0.3) is 0 Å². The first kappa shape index (κ1) is 13.0. The Morgan fingerprint density at radius 2 is 2.31 bits per heavy atom. The largest absolute Gasteiger partial charge is 0.481 e. The van der Waals surface area contributed by atoms with Crippen molar-refractivity contribution in [1.29, 1.82) is 0 Å². The quantitative estimate of drug-likeness (QED) is 0.774. The molecule has 1 rings (SSSR count). The van der Waals surface area contributed by atoms with Crippen LogP contribution in [0.2, 0.25) is 0 Å². The van der Waals surface area contributed by atoms with E-state index in [1.165, 1.54) is 11.8 Å². The van der Waals surface area contributed by atoms with E-state index in [-0.39, 0.29) is 5.75 Å². The van der Waals surface area contributed by atoms with Gasteiger partial charge in [0.25, 0.3) is 0 Å². The monoisotopic (exact) mass is 243 g/mol. The Morgan fingerprint density at radius 1 is 1.62 bits per heavy atom.